The molecule has 1 N–H and O–H groups in total. The van der Waals surface area contributed by atoms with Crippen molar-refractivity contribution in [1.29, 1.82) is 0 Å². The molecule has 7 heteroatoms. The molecule has 3 heterocycles. The van der Waals surface area contributed by atoms with Crippen LogP contribution in [0.15, 0.2) is 61.3 Å². The van der Waals surface area contributed by atoms with E-state index in [1.807, 2.05) is 37.4 Å². The Morgan fingerprint density at radius 3 is 2.82 bits per heavy atom. The van der Waals surface area contributed by atoms with Crippen molar-refractivity contribution in [2.75, 3.05) is 13.7 Å². The molecule has 3 aromatic heterocycles. The maximum atomic E-state index is 12.1. The molecule has 0 aliphatic heterocycles. The molecule has 0 atom stereocenters. The molecule has 7 nitrogen and oxygen atoms in total. The first-order chi connectivity index (χ1) is 13.7. The maximum absolute atomic E-state index is 12.1. The molecule has 0 saturated heterocycles. The van der Waals surface area contributed by atoms with Gasteiger partial charge in [-0.25, -0.2) is 9.50 Å². The lowest BCUT2D eigenvalue weighted by Crippen LogP contribution is -2.22. The van der Waals surface area contributed by atoms with E-state index >= 15 is 0 Å². The summed E-state index contributed by atoms with van der Waals surface area (Å²) < 4.78 is 7.02. The molecule has 0 bridgehead atoms. The number of amides is 1. The first-order valence-corrected chi connectivity index (χ1v) is 8.91. The van der Waals surface area contributed by atoms with Gasteiger partial charge < -0.3 is 10.1 Å². The van der Waals surface area contributed by atoms with E-state index in [-0.39, 0.29) is 5.91 Å². The number of rotatable bonds is 5. The van der Waals surface area contributed by atoms with E-state index in [0.29, 0.717) is 17.8 Å². The first-order valence-electron chi connectivity index (χ1n) is 8.91. The van der Waals surface area contributed by atoms with Gasteiger partial charge in [0.05, 0.1) is 18.9 Å². The Bertz CT molecular complexity index is 1150. The Kier molecular flexibility index (Phi) is 4.72. The minimum absolute atomic E-state index is 0.151. The fraction of sp³-hybridized carbons (Fsp3) is 0.143. The predicted octanol–water partition coefficient (Wildman–Crippen LogP) is 3.22. The largest absolute Gasteiger partial charge is 0.497 e. The number of fused-ring (bicyclic) bond motifs is 1. The van der Waals surface area contributed by atoms with Crippen LogP contribution in [0.4, 0.5) is 0 Å². The van der Waals surface area contributed by atoms with Crippen LogP contribution >= 0.6 is 0 Å². The van der Waals surface area contributed by atoms with Crippen LogP contribution < -0.4 is 10.1 Å². The van der Waals surface area contributed by atoms with Gasteiger partial charge in [-0.3, -0.25) is 9.78 Å². The van der Waals surface area contributed by atoms with Crippen molar-refractivity contribution >= 4 is 11.6 Å². The molecule has 0 spiro atoms. The Labute approximate surface area is 162 Å². The number of nitrogens with zero attached hydrogens (tertiary/aromatic N) is 4. The monoisotopic (exact) mass is 373 g/mol. The second-order valence-corrected chi connectivity index (χ2v) is 6.22. The summed E-state index contributed by atoms with van der Waals surface area (Å²) in [7, 11) is 1.64. The lowest BCUT2D eigenvalue weighted by molar-refractivity contribution is 0.0955. The van der Waals surface area contributed by atoms with Gasteiger partial charge in [-0.15, -0.1) is 0 Å². The molecule has 4 aromatic rings. The Hall–Kier alpha value is -3.74. The zero-order valence-corrected chi connectivity index (χ0v) is 15.6. The van der Waals surface area contributed by atoms with E-state index in [2.05, 4.69) is 20.4 Å². The topological polar surface area (TPSA) is 81.4 Å². The molecular weight excluding hydrogens is 354 g/mol. The number of pyridine rings is 1. The number of nitrogens with one attached hydrogen (secondary N) is 1. The van der Waals surface area contributed by atoms with Gasteiger partial charge in [0.15, 0.2) is 5.65 Å². The summed E-state index contributed by atoms with van der Waals surface area (Å²) in [6.45, 7) is 2.44. The standard InChI is InChI=1S/C21H19N5O2/c1-3-23-21(27)16-7-15(9-22-10-16)19-12-25-26-13-17(11-24-20(19)26)14-5-4-6-18(8-14)28-2/h4-13H,3H2,1-2H3,(H,23,27). The van der Waals surface area contributed by atoms with E-state index in [1.165, 1.54) is 0 Å². The molecular formula is C21H19N5O2. The molecule has 140 valence electrons. The zero-order valence-electron chi connectivity index (χ0n) is 15.6. The summed E-state index contributed by atoms with van der Waals surface area (Å²) in [6, 6.07) is 9.58. The van der Waals surface area contributed by atoms with Crippen molar-refractivity contribution in [3.8, 4) is 28.0 Å². The van der Waals surface area contributed by atoms with Gasteiger partial charge in [-0.1, -0.05) is 12.1 Å². The molecule has 0 unspecified atom stereocenters. The van der Waals surface area contributed by atoms with Crippen LogP contribution in [-0.4, -0.2) is 39.1 Å². The quantitative estimate of drug-likeness (QED) is 0.581. The van der Waals surface area contributed by atoms with Crippen LogP contribution in [0.25, 0.3) is 27.9 Å². The number of carbonyl (C=O) groups excluding carboxylic acids is 1. The van der Waals surface area contributed by atoms with Crippen molar-refractivity contribution in [1.82, 2.24) is 24.9 Å². The summed E-state index contributed by atoms with van der Waals surface area (Å²) in [5.74, 6) is 0.633. The van der Waals surface area contributed by atoms with Crippen molar-refractivity contribution in [2.45, 2.75) is 6.92 Å². The molecule has 1 amide bonds. The van der Waals surface area contributed by atoms with Crippen LogP contribution in [0.1, 0.15) is 17.3 Å². The number of methoxy groups -OCH3 is 1. The smallest absolute Gasteiger partial charge is 0.252 e. The second kappa shape index (κ2) is 7.48. The molecule has 0 radical (unpaired) electrons. The molecule has 28 heavy (non-hydrogen) atoms. The highest BCUT2D eigenvalue weighted by Gasteiger charge is 2.12. The maximum Gasteiger partial charge on any atom is 0.252 e. The van der Waals surface area contributed by atoms with Crippen LogP contribution in [0.3, 0.4) is 0 Å². The normalized spacial score (nSPS) is 10.8. The minimum atomic E-state index is -0.151. The highest BCUT2D eigenvalue weighted by Crippen LogP contribution is 2.27. The minimum Gasteiger partial charge on any atom is -0.497 e. The Morgan fingerprint density at radius 2 is 2.00 bits per heavy atom. The lowest BCUT2D eigenvalue weighted by Gasteiger charge is -2.06. The highest BCUT2D eigenvalue weighted by atomic mass is 16.5. The van der Waals surface area contributed by atoms with Gasteiger partial charge in [0, 0.05) is 48.0 Å². The average molecular weight is 373 g/mol. The Morgan fingerprint density at radius 1 is 1.11 bits per heavy atom. The Balaban J connectivity index is 1.73. The van der Waals surface area contributed by atoms with Gasteiger partial charge >= 0.3 is 0 Å². The van der Waals surface area contributed by atoms with Crippen molar-refractivity contribution < 1.29 is 9.53 Å². The number of aromatic nitrogens is 4. The van der Waals surface area contributed by atoms with E-state index in [0.717, 1.165) is 28.0 Å². The third-order valence-corrected chi connectivity index (χ3v) is 4.41. The molecule has 0 saturated carbocycles. The van der Waals surface area contributed by atoms with Gasteiger partial charge in [0.25, 0.3) is 5.91 Å². The third-order valence-electron chi connectivity index (χ3n) is 4.41. The average Bonchev–Trinajstić information content (AvgIpc) is 3.17. The summed E-state index contributed by atoms with van der Waals surface area (Å²) in [4.78, 5) is 20.9. The molecule has 0 aliphatic carbocycles. The summed E-state index contributed by atoms with van der Waals surface area (Å²) in [5, 5.41) is 7.21. The molecule has 4 rings (SSSR count). The van der Waals surface area contributed by atoms with Crippen LogP contribution in [0.5, 0.6) is 5.75 Å². The highest BCUT2D eigenvalue weighted by molar-refractivity contribution is 5.95. The zero-order chi connectivity index (χ0) is 19.5. The SMILES string of the molecule is CCNC(=O)c1cncc(-c2cnn3cc(-c4cccc(OC)c4)cnc23)c1. The van der Waals surface area contributed by atoms with Crippen LogP contribution in [0.2, 0.25) is 0 Å². The molecule has 1 aromatic carbocycles. The van der Waals surface area contributed by atoms with E-state index < -0.39 is 0 Å². The molecule has 0 aliphatic rings. The van der Waals surface area contributed by atoms with Gasteiger partial charge in [0.1, 0.15) is 5.75 Å². The first kappa shape index (κ1) is 17.7. The van der Waals surface area contributed by atoms with E-state index in [4.69, 9.17) is 4.74 Å². The number of benzene rings is 1. The number of carbonyl (C=O) groups is 1. The fourth-order valence-corrected chi connectivity index (χ4v) is 3.00. The lowest BCUT2D eigenvalue weighted by atomic mass is 10.1. The van der Waals surface area contributed by atoms with Gasteiger partial charge in [-0.05, 0) is 30.7 Å². The van der Waals surface area contributed by atoms with E-state index in [9.17, 15) is 4.79 Å². The number of ether oxygens (including phenoxy) is 1. The predicted molar refractivity (Wildman–Crippen MR) is 106 cm³/mol. The molecule has 0 fully saturated rings. The third kappa shape index (κ3) is 3.29. The van der Waals surface area contributed by atoms with Crippen molar-refractivity contribution in [2.24, 2.45) is 0 Å². The number of hydrogen-bond donors (Lipinski definition) is 1. The second-order valence-electron chi connectivity index (χ2n) is 6.22. The van der Waals surface area contributed by atoms with Crippen molar-refractivity contribution in [3.63, 3.8) is 0 Å². The summed E-state index contributed by atoms with van der Waals surface area (Å²) >= 11 is 0. The number of hydrogen-bond acceptors (Lipinski definition) is 5. The summed E-state index contributed by atoms with van der Waals surface area (Å²) in [6.07, 6.45) is 8.71. The van der Waals surface area contributed by atoms with Crippen molar-refractivity contribution in [3.05, 3.63) is 66.9 Å². The van der Waals surface area contributed by atoms with Gasteiger partial charge in [-0.2, -0.15) is 5.10 Å². The van der Waals surface area contributed by atoms with Gasteiger partial charge in [0.2, 0.25) is 0 Å². The fourth-order valence-electron chi connectivity index (χ4n) is 3.00. The van der Waals surface area contributed by atoms with Crippen LogP contribution in [0, 0.1) is 0 Å². The van der Waals surface area contributed by atoms with E-state index in [1.54, 1.807) is 42.5 Å². The van der Waals surface area contributed by atoms with Crippen LogP contribution in [-0.2, 0) is 0 Å². The summed E-state index contributed by atoms with van der Waals surface area (Å²) in [5.41, 5.74) is 4.73.